The lowest BCUT2D eigenvalue weighted by atomic mass is 9.52. The highest BCUT2D eigenvalue weighted by molar-refractivity contribution is 6.32. The predicted octanol–water partition coefficient (Wildman–Crippen LogP) is 0.771. The highest BCUT2D eigenvalue weighted by atomic mass is 19.1. The van der Waals surface area contributed by atoms with Crippen LogP contribution in [-0.2, 0) is 32.1 Å². The van der Waals surface area contributed by atoms with Crippen LogP contribution in [0, 0.1) is 35.4 Å². The minimum atomic E-state index is -2.80. The molecule has 0 saturated heterocycles. The maximum absolute atomic E-state index is 16.2. The van der Waals surface area contributed by atoms with E-state index in [9.17, 15) is 34.2 Å². The average molecular weight is 570 g/mol. The summed E-state index contributed by atoms with van der Waals surface area (Å²) in [7, 11) is 3.04. The molecule has 1 aromatic carbocycles. The Balaban J connectivity index is 1.39. The van der Waals surface area contributed by atoms with Gasteiger partial charge in [0.1, 0.15) is 11.6 Å². The number of benzene rings is 1. The molecule has 0 spiro atoms. The second kappa shape index (κ2) is 9.24. The van der Waals surface area contributed by atoms with Gasteiger partial charge in [-0.05, 0) is 77.1 Å². The van der Waals surface area contributed by atoms with Gasteiger partial charge in [0, 0.05) is 29.1 Å². The number of hydrogen-bond donors (Lipinski definition) is 3. The number of carbonyl (C=O) groups excluding carboxylic acids is 5. The first-order chi connectivity index (χ1) is 19.3. The number of nitrogens with zero attached hydrogens (tertiary/aromatic N) is 2. The van der Waals surface area contributed by atoms with E-state index in [-0.39, 0.29) is 41.6 Å². The fourth-order valence-electron chi connectivity index (χ4n) is 8.34. The van der Waals surface area contributed by atoms with E-state index in [1.165, 1.54) is 25.1 Å². The molecule has 220 valence electrons. The van der Waals surface area contributed by atoms with Gasteiger partial charge in [-0.25, -0.2) is 4.39 Å². The second-order valence-electron chi connectivity index (χ2n) is 12.9. The Hall–Kier alpha value is -3.02. The third-order valence-corrected chi connectivity index (χ3v) is 10.5. The summed E-state index contributed by atoms with van der Waals surface area (Å²) in [5, 5.41) is 22.6. The van der Waals surface area contributed by atoms with Gasteiger partial charge in [0.2, 0.25) is 5.91 Å². The molecule has 6 atom stereocenters. The molecule has 5 aliphatic carbocycles. The van der Waals surface area contributed by atoms with Crippen LogP contribution in [0.4, 0.5) is 4.39 Å². The summed E-state index contributed by atoms with van der Waals surface area (Å²) >= 11 is 0. The number of hydrogen-bond acceptors (Lipinski definition) is 9. The van der Waals surface area contributed by atoms with E-state index in [1.807, 2.05) is 6.92 Å². The summed E-state index contributed by atoms with van der Waals surface area (Å²) in [4.78, 5) is 69.9. The molecule has 11 heteroatoms. The maximum Gasteiger partial charge on any atom is 0.235 e. The molecule has 0 bridgehead atoms. The number of ketones is 4. The zero-order valence-corrected chi connectivity index (χ0v) is 23.5. The standard InChI is InChI=1S/C30H36FN3O7/c1-4-34(29(7-8-29)15-5-6-15)12-14-11-18(35)20-16(22(14)31)9-13-10-17-23(33(2)3)25(37)21(28(32)40)27(39)30(17,41)26(38)19(13)24(20)36/h11,13,15,17,19,21,23,35,41H,4-10,12H2,1-3H3,(H2,32,40)/t13-,17-,19?,21?,23-,30-/m0/s1. The van der Waals surface area contributed by atoms with Crippen molar-refractivity contribution < 1.29 is 38.6 Å². The van der Waals surface area contributed by atoms with E-state index in [0.29, 0.717) is 12.5 Å². The number of halogens is 1. The summed E-state index contributed by atoms with van der Waals surface area (Å²) in [6.45, 7) is 3.02. The van der Waals surface area contributed by atoms with Crippen molar-refractivity contribution in [2.75, 3.05) is 20.6 Å². The van der Waals surface area contributed by atoms with Gasteiger partial charge in [-0.3, -0.25) is 33.8 Å². The monoisotopic (exact) mass is 569 g/mol. The van der Waals surface area contributed by atoms with Gasteiger partial charge in [0.15, 0.2) is 34.7 Å². The van der Waals surface area contributed by atoms with Crippen molar-refractivity contribution >= 4 is 29.0 Å². The predicted molar refractivity (Wildman–Crippen MR) is 142 cm³/mol. The van der Waals surface area contributed by atoms with Crippen LogP contribution in [0.3, 0.4) is 0 Å². The quantitative estimate of drug-likeness (QED) is 0.403. The van der Waals surface area contributed by atoms with E-state index >= 15 is 4.39 Å². The SMILES string of the molecule is CCN(Cc1cc(O)c2c(c1F)C[C@H]1C[C@H]3[C@H](N(C)C)C(=O)C(C(N)=O)C(=O)[C@@]3(O)C(=O)C1C2=O)C1(C2CC2)CC1. The fourth-order valence-corrected chi connectivity index (χ4v) is 8.34. The van der Waals surface area contributed by atoms with Gasteiger partial charge in [0.25, 0.3) is 0 Å². The molecule has 10 nitrogen and oxygen atoms in total. The summed E-state index contributed by atoms with van der Waals surface area (Å²) in [6, 6.07) is 0.0508. The molecular formula is C30H36FN3O7. The highest BCUT2D eigenvalue weighted by Crippen LogP contribution is 2.58. The Morgan fingerprint density at radius 2 is 1.80 bits per heavy atom. The molecule has 1 amide bonds. The second-order valence-corrected chi connectivity index (χ2v) is 12.9. The number of likely N-dealkylation sites (N-methyl/N-ethyl adjacent to an activating group) is 1. The van der Waals surface area contributed by atoms with Gasteiger partial charge >= 0.3 is 0 Å². The van der Waals surface area contributed by atoms with Crippen molar-refractivity contribution in [3.63, 3.8) is 0 Å². The molecule has 6 rings (SSSR count). The molecule has 0 heterocycles. The Bertz CT molecular complexity index is 1400. The molecule has 4 N–H and O–H groups in total. The highest BCUT2D eigenvalue weighted by Gasteiger charge is 2.69. The van der Waals surface area contributed by atoms with Crippen molar-refractivity contribution in [1.82, 2.24) is 9.80 Å². The normalized spacial score (nSPS) is 34.0. The van der Waals surface area contributed by atoms with Crippen molar-refractivity contribution in [3.8, 4) is 5.75 Å². The lowest BCUT2D eigenvalue weighted by Gasteiger charge is -2.52. The van der Waals surface area contributed by atoms with Crippen LogP contribution >= 0.6 is 0 Å². The molecule has 1 aromatic rings. The van der Waals surface area contributed by atoms with Gasteiger partial charge in [0.05, 0.1) is 17.5 Å². The lowest BCUT2D eigenvalue weighted by molar-refractivity contribution is -0.181. The first kappa shape index (κ1) is 28.1. The van der Waals surface area contributed by atoms with E-state index in [2.05, 4.69) is 4.90 Å². The summed E-state index contributed by atoms with van der Waals surface area (Å²) in [5.41, 5.74) is 2.58. The molecule has 0 radical (unpaired) electrons. The number of nitrogens with two attached hydrogens (primary N) is 1. The van der Waals surface area contributed by atoms with Crippen LogP contribution < -0.4 is 5.73 Å². The summed E-state index contributed by atoms with van der Waals surface area (Å²) < 4.78 is 16.2. The molecule has 4 saturated carbocycles. The third kappa shape index (κ3) is 3.81. The number of phenols is 1. The lowest BCUT2D eigenvalue weighted by Crippen LogP contribution is -2.74. The van der Waals surface area contributed by atoms with Gasteiger partial charge < -0.3 is 15.9 Å². The molecule has 0 aromatic heterocycles. The average Bonchev–Trinajstić information content (AvgIpc) is 3.80. The number of phenolic OH excluding ortho intramolecular Hbond substituents is 1. The number of aliphatic hydroxyl groups is 1. The Kier molecular flexibility index (Phi) is 6.34. The number of rotatable bonds is 7. The number of primary amides is 1. The van der Waals surface area contributed by atoms with Crippen LogP contribution in [0.15, 0.2) is 6.07 Å². The summed E-state index contributed by atoms with van der Waals surface area (Å²) in [6.07, 6.45) is 4.23. The van der Waals surface area contributed by atoms with Crippen LogP contribution in [-0.4, -0.2) is 86.9 Å². The molecule has 5 aliphatic rings. The Labute approximate surface area is 237 Å². The number of fused-ring (bicyclic) bond motifs is 3. The van der Waals surface area contributed by atoms with Gasteiger partial charge in [-0.1, -0.05) is 6.92 Å². The number of aromatic hydroxyl groups is 1. The van der Waals surface area contributed by atoms with E-state index < -0.39 is 75.9 Å². The van der Waals surface area contributed by atoms with Crippen LogP contribution in [0.25, 0.3) is 0 Å². The van der Waals surface area contributed by atoms with E-state index in [0.717, 1.165) is 25.7 Å². The first-order valence-corrected chi connectivity index (χ1v) is 14.4. The molecule has 0 aliphatic heterocycles. The smallest absolute Gasteiger partial charge is 0.235 e. The fraction of sp³-hybridized carbons (Fsp3) is 0.633. The van der Waals surface area contributed by atoms with Crippen LogP contribution in [0.1, 0.15) is 60.5 Å². The third-order valence-electron chi connectivity index (χ3n) is 10.5. The van der Waals surface area contributed by atoms with Crippen LogP contribution in [0.5, 0.6) is 5.75 Å². The minimum absolute atomic E-state index is 0.0155. The van der Waals surface area contributed by atoms with Gasteiger partial charge in [-0.2, -0.15) is 0 Å². The van der Waals surface area contributed by atoms with Crippen molar-refractivity contribution in [3.05, 3.63) is 28.6 Å². The van der Waals surface area contributed by atoms with Crippen molar-refractivity contribution in [1.29, 1.82) is 0 Å². The molecular weight excluding hydrogens is 533 g/mol. The topological polar surface area (TPSA) is 158 Å². The first-order valence-electron chi connectivity index (χ1n) is 14.4. The zero-order valence-electron chi connectivity index (χ0n) is 23.5. The molecule has 4 fully saturated rings. The number of amides is 1. The molecule has 2 unspecified atom stereocenters. The number of carbonyl (C=O) groups is 5. The van der Waals surface area contributed by atoms with Crippen molar-refractivity contribution in [2.24, 2.45) is 35.3 Å². The largest absolute Gasteiger partial charge is 0.507 e. The Morgan fingerprint density at radius 1 is 1.15 bits per heavy atom. The minimum Gasteiger partial charge on any atom is -0.507 e. The number of Topliss-reactive ketones (excluding diaryl/α,β-unsaturated/α-hetero) is 4. The zero-order chi connectivity index (χ0) is 29.8. The van der Waals surface area contributed by atoms with Gasteiger partial charge in [-0.15, -0.1) is 0 Å². The van der Waals surface area contributed by atoms with E-state index in [4.69, 9.17) is 5.73 Å². The van der Waals surface area contributed by atoms with E-state index in [1.54, 1.807) is 0 Å². The summed E-state index contributed by atoms with van der Waals surface area (Å²) in [5.74, 6) is -11.5. The van der Waals surface area contributed by atoms with Crippen LogP contribution in [0.2, 0.25) is 0 Å². The Morgan fingerprint density at radius 3 is 2.34 bits per heavy atom. The molecule has 41 heavy (non-hydrogen) atoms. The van der Waals surface area contributed by atoms with Crippen molar-refractivity contribution in [2.45, 2.75) is 69.2 Å². The maximum atomic E-state index is 16.2.